The molecular weight excluding hydrogens is 414 g/mol. The minimum absolute atomic E-state index is 0.234. The third kappa shape index (κ3) is 3.14. The topological polar surface area (TPSA) is 82.3 Å². The largest absolute Gasteiger partial charge is 0.358 e. The normalized spacial score (nSPS) is 15.0. The van der Waals surface area contributed by atoms with E-state index in [9.17, 15) is 14.4 Å². The average molecular weight is 435 g/mol. The van der Waals surface area contributed by atoms with Gasteiger partial charge in [-0.15, -0.1) is 0 Å². The highest BCUT2D eigenvalue weighted by atomic mass is 16.2. The number of carbonyl (C=O) groups excluding carboxylic acids is 3. The van der Waals surface area contributed by atoms with Gasteiger partial charge in [-0.25, -0.2) is 4.90 Å². The summed E-state index contributed by atoms with van der Waals surface area (Å²) in [5.41, 5.74) is 5.95. The van der Waals surface area contributed by atoms with Crippen LogP contribution in [0.15, 0.2) is 66.7 Å². The van der Waals surface area contributed by atoms with Gasteiger partial charge in [0.2, 0.25) is 0 Å². The van der Waals surface area contributed by atoms with E-state index in [1.807, 2.05) is 18.2 Å². The zero-order valence-corrected chi connectivity index (χ0v) is 17.9. The second-order valence-corrected chi connectivity index (χ2v) is 8.55. The van der Waals surface area contributed by atoms with Gasteiger partial charge < -0.3 is 10.3 Å². The number of hydrogen-bond donors (Lipinski definition) is 2. The molecule has 6 nitrogen and oxygen atoms in total. The number of fused-ring (bicyclic) bond motifs is 4. The maximum Gasteiger partial charge on any atom is 0.266 e. The number of rotatable bonds is 3. The highest BCUT2D eigenvalue weighted by molar-refractivity contribution is 6.34. The molecule has 4 aromatic rings. The molecule has 2 N–H and O–H groups in total. The van der Waals surface area contributed by atoms with E-state index in [0.29, 0.717) is 28.1 Å². The Morgan fingerprint density at radius 1 is 0.848 bits per heavy atom. The summed E-state index contributed by atoms with van der Waals surface area (Å²) in [7, 11) is 0. The first-order chi connectivity index (χ1) is 16.1. The van der Waals surface area contributed by atoms with Crippen LogP contribution in [-0.4, -0.2) is 22.7 Å². The van der Waals surface area contributed by atoms with Crippen LogP contribution in [0, 0.1) is 0 Å². The second-order valence-electron chi connectivity index (χ2n) is 8.55. The van der Waals surface area contributed by atoms with E-state index in [1.54, 1.807) is 48.5 Å². The standard InChI is InChI=1S/C27H21N3O3/c31-25(16-12-13-24-22(14-16)19-8-3-4-11-23(19)29-24)28-17-6-5-7-18(15-17)30-26(32)20-9-1-2-10-21(20)27(30)33/h1-2,5-7,9-10,12-15,29H,3-4,8,11H2,(H,28,31). The van der Waals surface area contributed by atoms with Gasteiger partial charge >= 0.3 is 0 Å². The quantitative estimate of drug-likeness (QED) is 0.439. The number of H-pyrrole nitrogens is 1. The number of anilines is 2. The molecule has 2 aliphatic rings. The molecule has 0 radical (unpaired) electrons. The van der Waals surface area contributed by atoms with Gasteiger partial charge in [0.15, 0.2) is 0 Å². The number of nitrogens with one attached hydrogen (secondary N) is 2. The van der Waals surface area contributed by atoms with Gasteiger partial charge in [0, 0.05) is 27.8 Å². The fourth-order valence-electron chi connectivity index (χ4n) is 4.90. The summed E-state index contributed by atoms with van der Waals surface area (Å²) in [5.74, 6) is -0.953. The number of benzene rings is 3. The lowest BCUT2D eigenvalue weighted by Gasteiger charge is -2.15. The van der Waals surface area contributed by atoms with Crippen molar-refractivity contribution in [1.82, 2.24) is 4.98 Å². The SMILES string of the molecule is O=C(Nc1cccc(N2C(=O)c3ccccc3C2=O)c1)c1ccc2[nH]c3c(c2c1)CCCC3. The molecule has 3 amide bonds. The fraction of sp³-hybridized carbons (Fsp3) is 0.148. The molecule has 2 heterocycles. The molecule has 1 aliphatic heterocycles. The highest BCUT2D eigenvalue weighted by Gasteiger charge is 2.36. The summed E-state index contributed by atoms with van der Waals surface area (Å²) in [5, 5.41) is 4.02. The number of imide groups is 1. The minimum atomic E-state index is -0.359. The molecular formula is C27H21N3O3. The van der Waals surface area contributed by atoms with E-state index >= 15 is 0 Å². The molecule has 0 unspecified atom stereocenters. The van der Waals surface area contributed by atoms with Gasteiger partial charge in [0.1, 0.15) is 0 Å². The van der Waals surface area contributed by atoms with Crippen molar-refractivity contribution in [2.45, 2.75) is 25.7 Å². The van der Waals surface area contributed by atoms with Gasteiger partial charge in [0.25, 0.3) is 17.7 Å². The lowest BCUT2D eigenvalue weighted by Crippen LogP contribution is -2.29. The summed E-state index contributed by atoms with van der Waals surface area (Å²) in [4.78, 5) is 43.2. The monoisotopic (exact) mass is 435 g/mol. The van der Waals surface area contributed by atoms with Gasteiger partial charge in [-0.2, -0.15) is 0 Å². The molecule has 1 aromatic heterocycles. The number of hydrogen-bond acceptors (Lipinski definition) is 3. The van der Waals surface area contributed by atoms with Gasteiger partial charge in [-0.3, -0.25) is 14.4 Å². The Balaban J connectivity index is 1.28. The number of amides is 3. The van der Waals surface area contributed by atoms with Crippen LogP contribution in [0.3, 0.4) is 0 Å². The first-order valence-corrected chi connectivity index (χ1v) is 11.1. The first kappa shape index (κ1) is 19.5. The van der Waals surface area contributed by atoms with Crippen molar-refractivity contribution in [1.29, 1.82) is 0 Å². The van der Waals surface area contributed by atoms with E-state index in [4.69, 9.17) is 0 Å². The predicted molar refractivity (Wildman–Crippen MR) is 127 cm³/mol. The zero-order valence-electron chi connectivity index (χ0n) is 17.9. The Morgan fingerprint density at radius 3 is 2.39 bits per heavy atom. The Hall–Kier alpha value is -4.19. The highest BCUT2D eigenvalue weighted by Crippen LogP contribution is 2.31. The molecule has 6 heteroatoms. The van der Waals surface area contributed by atoms with E-state index in [1.165, 1.54) is 24.1 Å². The van der Waals surface area contributed by atoms with Gasteiger partial charge in [-0.05, 0) is 79.8 Å². The van der Waals surface area contributed by atoms with E-state index in [2.05, 4.69) is 10.3 Å². The summed E-state index contributed by atoms with van der Waals surface area (Å²) in [6, 6.07) is 19.3. The molecule has 0 spiro atoms. The Bertz CT molecular complexity index is 1430. The number of aromatic nitrogens is 1. The van der Waals surface area contributed by atoms with Crippen molar-refractivity contribution in [2.24, 2.45) is 0 Å². The lowest BCUT2D eigenvalue weighted by molar-refractivity contribution is 0.0925. The number of aromatic amines is 1. The van der Waals surface area contributed by atoms with Crippen LogP contribution in [-0.2, 0) is 12.8 Å². The van der Waals surface area contributed by atoms with Crippen molar-refractivity contribution in [3.8, 4) is 0 Å². The summed E-state index contributed by atoms with van der Waals surface area (Å²) in [6.07, 6.45) is 4.44. The van der Waals surface area contributed by atoms with E-state index in [0.717, 1.165) is 28.6 Å². The first-order valence-electron chi connectivity index (χ1n) is 11.1. The Labute approximate surface area is 190 Å². The lowest BCUT2D eigenvalue weighted by atomic mass is 9.95. The predicted octanol–water partition coefficient (Wildman–Crippen LogP) is 5.10. The molecule has 3 aromatic carbocycles. The fourth-order valence-corrected chi connectivity index (χ4v) is 4.90. The molecule has 0 fully saturated rings. The summed E-state index contributed by atoms with van der Waals surface area (Å²) < 4.78 is 0. The van der Waals surface area contributed by atoms with Crippen LogP contribution < -0.4 is 10.2 Å². The summed E-state index contributed by atoms with van der Waals surface area (Å²) in [6.45, 7) is 0. The maximum absolute atomic E-state index is 13.0. The van der Waals surface area contributed by atoms with Crippen molar-refractivity contribution >= 4 is 40.0 Å². The Kier molecular flexibility index (Phi) is 4.40. The second kappa shape index (κ2) is 7.45. The van der Waals surface area contributed by atoms with Crippen molar-refractivity contribution < 1.29 is 14.4 Å². The molecule has 33 heavy (non-hydrogen) atoms. The van der Waals surface area contributed by atoms with E-state index < -0.39 is 0 Å². The van der Waals surface area contributed by atoms with Crippen LogP contribution in [0.2, 0.25) is 0 Å². The maximum atomic E-state index is 13.0. The molecule has 162 valence electrons. The van der Waals surface area contributed by atoms with E-state index in [-0.39, 0.29) is 17.7 Å². The third-order valence-electron chi connectivity index (χ3n) is 6.52. The van der Waals surface area contributed by atoms with Crippen molar-refractivity contribution in [2.75, 3.05) is 10.2 Å². The molecule has 1 aliphatic carbocycles. The smallest absolute Gasteiger partial charge is 0.266 e. The number of nitrogens with zero attached hydrogens (tertiary/aromatic N) is 1. The Morgan fingerprint density at radius 2 is 1.61 bits per heavy atom. The number of aryl methyl sites for hydroxylation is 2. The van der Waals surface area contributed by atoms with Crippen molar-refractivity contribution in [3.05, 3.63) is 94.7 Å². The average Bonchev–Trinajstić information content (AvgIpc) is 3.34. The number of carbonyl (C=O) groups is 3. The van der Waals surface area contributed by atoms with Crippen molar-refractivity contribution in [3.63, 3.8) is 0 Å². The molecule has 0 atom stereocenters. The molecule has 6 rings (SSSR count). The van der Waals surface area contributed by atoms with Gasteiger partial charge in [0.05, 0.1) is 16.8 Å². The third-order valence-corrected chi connectivity index (χ3v) is 6.52. The van der Waals surface area contributed by atoms with Crippen LogP contribution in [0.5, 0.6) is 0 Å². The summed E-state index contributed by atoms with van der Waals surface area (Å²) >= 11 is 0. The molecule has 0 saturated carbocycles. The van der Waals surface area contributed by atoms with Crippen LogP contribution in [0.25, 0.3) is 10.9 Å². The van der Waals surface area contributed by atoms with Crippen LogP contribution in [0.4, 0.5) is 11.4 Å². The molecule has 0 saturated heterocycles. The zero-order chi connectivity index (χ0) is 22.5. The minimum Gasteiger partial charge on any atom is -0.358 e. The van der Waals surface area contributed by atoms with Crippen LogP contribution in [0.1, 0.15) is 55.2 Å². The van der Waals surface area contributed by atoms with Crippen LogP contribution >= 0.6 is 0 Å². The molecule has 0 bridgehead atoms. The van der Waals surface area contributed by atoms with Gasteiger partial charge in [-0.1, -0.05) is 18.2 Å².